The van der Waals surface area contributed by atoms with Crippen LogP contribution in [0.15, 0.2) is 18.3 Å². The average molecular weight is 320 g/mol. The van der Waals surface area contributed by atoms with E-state index in [1.807, 2.05) is 4.90 Å². The number of aromatic nitrogens is 1. The number of likely N-dealkylation sites (tertiary alicyclic amines) is 1. The van der Waals surface area contributed by atoms with Crippen LogP contribution < -0.4 is 4.74 Å². The molecule has 4 rings (SSSR count). The lowest BCUT2D eigenvalue weighted by atomic mass is 9.78. The maximum atomic E-state index is 13.6. The van der Waals surface area contributed by atoms with Crippen molar-refractivity contribution in [3.8, 4) is 5.88 Å². The van der Waals surface area contributed by atoms with E-state index < -0.39 is 5.82 Å². The van der Waals surface area contributed by atoms with E-state index in [9.17, 15) is 9.18 Å². The van der Waals surface area contributed by atoms with Crippen LogP contribution in [0.4, 0.5) is 4.39 Å². The lowest BCUT2D eigenvalue weighted by Crippen LogP contribution is -2.67. The van der Waals surface area contributed by atoms with E-state index in [1.165, 1.54) is 18.3 Å². The highest BCUT2D eigenvalue weighted by molar-refractivity contribution is 5.80. The van der Waals surface area contributed by atoms with Crippen molar-refractivity contribution in [2.75, 3.05) is 26.3 Å². The summed E-state index contributed by atoms with van der Waals surface area (Å²) in [5.74, 6) is 0.264. The molecular weight excluding hydrogens is 299 g/mol. The van der Waals surface area contributed by atoms with Crippen molar-refractivity contribution >= 4 is 5.91 Å². The summed E-state index contributed by atoms with van der Waals surface area (Å²) in [4.78, 5) is 18.1. The van der Waals surface area contributed by atoms with Gasteiger partial charge in [0.25, 0.3) is 0 Å². The summed E-state index contributed by atoms with van der Waals surface area (Å²) in [5, 5.41) is 0. The van der Waals surface area contributed by atoms with Gasteiger partial charge in [-0.15, -0.1) is 0 Å². The molecule has 3 fully saturated rings. The molecule has 1 amide bonds. The molecule has 124 valence electrons. The van der Waals surface area contributed by atoms with Crippen LogP contribution in [0.1, 0.15) is 25.7 Å². The highest BCUT2D eigenvalue weighted by atomic mass is 19.1. The van der Waals surface area contributed by atoms with E-state index in [0.29, 0.717) is 26.3 Å². The van der Waals surface area contributed by atoms with Gasteiger partial charge in [-0.3, -0.25) is 4.79 Å². The van der Waals surface area contributed by atoms with Crippen LogP contribution >= 0.6 is 0 Å². The first kappa shape index (κ1) is 14.9. The molecular formula is C17H21FN2O3. The Balaban J connectivity index is 1.34. The molecule has 2 saturated heterocycles. The normalized spacial score (nSPS) is 26.0. The van der Waals surface area contributed by atoms with Crippen molar-refractivity contribution in [2.45, 2.75) is 31.3 Å². The number of ether oxygens (including phenoxy) is 2. The second-order valence-corrected chi connectivity index (χ2v) is 6.82. The van der Waals surface area contributed by atoms with E-state index in [1.54, 1.807) is 0 Å². The van der Waals surface area contributed by atoms with Gasteiger partial charge in [0.05, 0.1) is 19.7 Å². The van der Waals surface area contributed by atoms with Gasteiger partial charge < -0.3 is 14.4 Å². The number of carbonyl (C=O) groups is 1. The first-order chi connectivity index (χ1) is 11.2. The number of rotatable bonds is 4. The lowest BCUT2D eigenvalue weighted by Gasteiger charge is -2.51. The third-order valence-electron chi connectivity index (χ3n) is 5.43. The monoisotopic (exact) mass is 320 g/mol. The molecule has 1 unspecified atom stereocenters. The molecule has 1 aliphatic carbocycles. The molecule has 1 aromatic rings. The predicted octanol–water partition coefficient (Wildman–Crippen LogP) is 2.02. The average Bonchev–Trinajstić information content (AvgIpc) is 2.86. The number of carbonyl (C=O) groups excluding carboxylic acids is 1. The van der Waals surface area contributed by atoms with Gasteiger partial charge in [0.2, 0.25) is 11.8 Å². The Morgan fingerprint density at radius 1 is 1.43 bits per heavy atom. The van der Waals surface area contributed by atoms with E-state index in [0.717, 1.165) is 25.7 Å². The molecule has 5 nitrogen and oxygen atoms in total. The summed E-state index contributed by atoms with van der Waals surface area (Å²) < 4.78 is 25.1. The molecule has 1 spiro atoms. The van der Waals surface area contributed by atoms with Gasteiger partial charge in [-0.1, -0.05) is 6.42 Å². The van der Waals surface area contributed by atoms with Crippen molar-refractivity contribution in [3.63, 3.8) is 0 Å². The molecule has 1 saturated carbocycles. The van der Waals surface area contributed by atoms with E-state index in [-0.39, 0.29) is 29.2 Å². The first-order valence-corrected chi connectivity index (χ1v) is 8.34. The molecule has 2 aliphatic heterocycles. The third-order valence-corrected chi connectivity index (χ3v) is 5.43. The highest BCUT2D eigenvalue weighted by Gasteiger charge is 2.55. The van der Waals surface area contributed by atoms with Crippen LogP contribution in [0.25, 0.3) is 0 Å². The van der Waals surface area contributed by atoms with Gasteiger partial charge in [-0.2, -0.15) is 0 Å². The summed E-state index contributed by atoms with van der Waals surface area (Å²) in [6.07, 6.45) is 5.60. The van der Waals surface area contributed by atoms with Gasteiger partial charge in [-0.25, -0.2) is 9.37 Å². The van der Waals surface area contributed by atoms with Gasteiger partial charge in [-0.05, 0) is 31.4 Å². The molecule has 6 heteroatoms. The topological polar surface area (TPSA) is 51.7 Å². The Morgan fingerprint density at radius 2 is 2.26 bits per heavy atom. The summed E-state index contributed by atoms with van der Waals surface area (Å²) in [6.45, 7) is 2.33. The fourth-order valence-corrected chi connectivity index (χ4v) is 3.70. The standard InChI is InChI=1S/C17H21FN2O3/c18-14-5-2-7-19-15(14)22-9-13-6-8-23-17(13)10-20(11-17)16(21)12-3-1-4-12/h2,5,7,12-13H,1,3-4,6,8-11H2. The van der Waals surface area contributed by atoms with Crippen molar-refractivity contribution in [3.05, 3.63) is 24.1 Å². The molecule has 0 radical (unpaired) electrons. The second-order valence-electron chi connectivity index (χ2n) is 6.82. The minimum absolute atomic E-state index is 0.0382. The van der Waals surface area contributed by atoms with Crippen LogP contribution in [0.2, 0.25) is 0 Å². The number of halogens is 1. The predicted molar refractivity (Wildman–Crippen MR) is 80.4 cm³/mol. The van der Waals surface area contributed by atoms with Crippen LogP contribution in [-0.4, -0.2) is 47.7 Å². The molecule has 0 N–H and O–H groups in total. The summed E-state index contributed by atoms with van der Waals surface area (Å²) in [7, 11) is 0. The van der Waals surface area contributed by atoms with Crippen molar-refractivity contribution in [2.24, 2.45) is 11.8 Å². The number of amides is 1. The fourth-order valence-electron chi connectivity index (χ4n) is 3.70. The molecule has 23 heavy (non-hydrogen) atoms. The maximum Gasteiger partial charge on any atom is 0.250 e. The van der Waals surface area contributed by atoms with Crippen molar-refractivity contribution < 1.29 is 18.7 Å². The van der Waals surface area contributed by atoms with Crippen molar-refractivity contribution in [1.29, 1.82) is 0 Å². The highest BCUT2D eigenvalue weighted by Crippen LogP contribution is 2.42. The van der Waals surface area contributed by atoms with Gasteiger partial charge >= 0.3 is 0 Å². The number of hydrogen-bond donors (Lipinski definition) is 0. The van der Waals surface area contributed by atoms with Crippen LogP contribution in [0.3, 0.4) is 0 Å². The van der Waals surface area contributed by atoms with Gasteiger partial charge in [0, 0.05) is 24.6 Å². The minimum atomic E-state index is -0.448. The zero-order chi connectivity index (χ0) is 15.9. The van der Waals surface area contributed by atoms with Crippen LogP contribution in [-0.2, 0) is 9.53 Å². The molecule has 3 aliphatic rings. The van der Waals surface area contributed by atoms with Crippen LogP contribution in [0, 0.1) is 17.7 Å². The SMILES string of the molecule is O=C(C1CCC1)N1CC2(C1)OCCC2COc1ncccc1F. The molecule has 1 aromatic heterocycles. The van der Waals surface area contributed by atoms with Gasteiger partial charge in [0.1, 0.15) is 5.60 Å². The Bertz CT molecular complexity index is 599. The number of pyridine rings is 1. The zero-order valence-corrected chi connectivity index (χ0v) is 13.0. The van der Waals surface area contributed by atoms with Crippen molar-refractivity contribution in [1.82, 2.24) is 9.88 Å². The Morgan fingerprint density at radius 3 is 2.96 bits per heavy atom. The molecule has 3 heterocycles. The molecule has 0 aromatic carbocycles. The maximum absolute atomic E-state index is 13.6. The van der Waals surface area contributed by atoms with E-state index >= 15 is 0 Å². The second kappa shape index (κ2) is 5.74. The third kappa shape index (κ3) is 2.59. The molecule has 1 atom stereocenters. The number of nitrogens with zero attached hydrogens (tertiary/aromatic N) is 2. The fraction of sp³-hybridized carbons (Fsp3) is 0.647. The van der Waals surface area contributed by atoms with Crippen LogP contribution in [0.5, 0.6) is 5.88 Å². The van der Waals surface area contributed by atoms with E-state index in [4.69, 9.17) is 9.47 Å². The first-order valence-electron chi connectivity index (χ1n) is 8.34. The Kier molecular flexibility index (Phi) is 3.71. The summed E-state index contributed by atoms with van der Waals surface area (Å²) in [5.41, 5.74) is -0.301. The summed E-state index contributed by atoms with van der Waals surface area (Å²) in [6, 6.07) is 2.88. The Labute approximate surface area is 134 Å². The quantitative estimate of drug-likeness (QED) is 0.852. The largest absolute Gasteiger partial charge is 0.475 e. The Hall–Kier alpha value is -1.69. The lowest BCUT2D eigenvalue weighted by molar-refractivity contribution is -0.172. The minimum Gasteiger partial charge on any atom is -0.475 e. The van der Waals surface area contributed by atoms with Gasteiger partial charge in [0.15, 0.2) is 5.82 Å². The smallest absolute Gasteiger partial charge is 0.250 e. The summed E-state index contributed by atoms with van der Waals surface area (Å²) >= 11 is 0. The zero-order valence-electron chi connectivity index (χ0n) is 13.0. The number of hydrogen-bond acceptors (Lipinski definition) is 4. The van der Waals surface area contributed by atoms with E-state index in [2.05, 4.69) is 4.98 Å². The molecule has 0 bridgehead atoms.